The average molecular weight is 404 g/mol. The van der Waals surface area contributed by atoms with Crippen molar-refractivity contribution in [3.63, 3.8) is 0 Å². The summed E-state index contributed by atoms with van der Waals surface area (Å²) in [6.07, 6.45) is 5.85. The second-order valence-corrected chi connectivity index (χ2v) is 8.10. The van der Waals surface area contributed by atoms with Gasteiger partial charge in [0.1, 0.15) is 11.6 Å². The summed E-state index contributed by atoms with van der Waals surface area (Å²) < 4.78 is 8.14. The van der Waals surface area contributed by atoms with Crippen LogP contribution in [0.15, 0.2) is 60.9 Å². The Kier molecular flexibility index (Phi) is 6.17. The zero-order valence-electron chi connectivity index (χ0n) is 17.8. The van der Waals surface area contributed by atoms with E-state index in [0.717, 1.165) is 54.2 Å². The number of carbonyl (C=O) groups excluding carboxylic acids is 1. The summed E-state index contributed by atoms with van der Waals surface area (Å²) in [5.74, 6) is 2.35. The van der Waals surface area contributed by atoms with Crippen LogP contribution >= 0.6 is 0 Å². The monoisotopic (exact) mass is 403 g/mol. The van der Waals surface area contributed by atoms with Crippen molar-refractivity contribution in [3.05, 3.63) is 83.4 Å². The van der Waals surface area contributed by atoms with Crippen molar-refractivity contribution < 1.29 is 9.53 Å². The van der Waals surface area contributed by atoms with Crippen LogP contribution in [0.2, 0.25) is 0 Å². The maximum atomic E-state index is 13.4. The first-order valence-electron chi connectivity index (χ1n) is 10.6. The molecule has 156 valence electrons. The molecule has 0 spiro atoms. The molecule has 1 aromatic heterocycles. The second kappa shape index (κ2) is 9.16. The smallest absolute Gasteiger partial charge is 0.254 e. The van der Waals surface area contributed by atoms with E-state index in [1.54, 1.807) is 6.20 Å². The Hall–Kier alpha value is -3.08. The Morgan fingerprint density at radius 3 is 2.73 bits per heavy atom. The van der Waals surface area contributed by atoms with E-state index < -0.39 is 0 Å². The summed E-state index contributed by atoms with van der Waals surface area (Å²) in [5, 5.41) is 0. The Labute approximate surface area is 178 Å². The predicted molar refractivity (Wildman–Crippen MR) is 118 cm³/mol. The van der Waals surface area contributed by atoms with Crippen LogP contribution < -0.4 is 4.74 Å². The van der Waals surface area contributed by atoms with E-state index >= 15 is 0 Å². The summed E-state index contributed by atoms with van der Waals surface area (Å²) in [6, 6.07) is 16.0. The lowest BCUT2D eigenvalue weighted by molar-refractivity contribution is 0.0632. The lowest BCUT2D eigenvalue weighted by Gasteiger charge is -2.33. The van der Waals surface area contributed by atoms with Gasteiger partial charge in [0.05, 0.1) is 6.61 Å². The second-order valence-electron chi connectivity index (χ2n) is 8.10. The molecule has 0 saturated carbocycles. The number of hydrogen-bond acceptors (Lipinski definition) is 3. The molecule has 2 heterocycles. The number of rotatable bonds is 6. The van der Waals surface area contributed by atoms with Crippen molar-refractivity contribution >= 4 is 5.91 Å². The van der Waals surface area contributed by atoms with Crippen molar-refractivity contribution in [2.45, 2.75) is 33.2 Å². The molecular weight excluding hydrogens is 374 g/mol. The SMILES string of the molecule is Cc1ccccc1OCC1CCCN(C(=O)c2ccccc2Cn2ccnc2C)C1. The average Bonchev–Trinajstić information content (AvgIpc) is 3.17. The minimum Gasteiger partial charge on any atom is -0.493 e. The first kappa shape index (κ1) is 20.2. The highest BCUT2D eigenvalue weighted by molar-refractivity contribution is 5.95. The van der Waals surface area contributed by atoms with E-state index in [9.17, 15) is 4.79 Å². The molecule has 0 bridgehead atoms. The zero-order valence-corrected chi connectivity index (χ0v) is 17.8. The van der Waals surface area contributed by atoms with Gasteiger partial charge < -0.3 is 14.2 Å². The normalized spacial score (nSPS) is 16.5. The van der Waals surface area contributed by atoms with Gasteiger partial charge in [-0.3, -0.25) is 4.79 Å². The molecule has 1 atom stereocenters. The molecule has 0 N–H and O–H groups in total. The first-order valence-corrected chi connectivity index (χ1v) is 10.6. The van der Waals surface area contributed by atoms with E-state index in [1.165, 1.54) is 0 Å². The molecule has 4 rings (SSSR count). The number of amides is 1. The molecule has 5 heteroatoms. The highest BCUT2D eigenvalue weighted by Gasteiger charge is 2.26. The topological polar surface area (TPSA) is 47.4 Å². The number of imidazole rings is 1. The summed E-state index contributed by atoms with van der Waals surface area (Å²) >= 11 is 0. The number of para-hydroxylation sites is 1. The minimum absolute atomic E-state index is 0.115. The van der Waals surface area contributed by atoms with Crippen LogP contribution in [0.1, 0.15) is 40.2 Å². The molecule has 1 amide bonds. The Bertz CT molecular complexity index is 1010. The van der Waals surface area contributed by atoms with Crippen molar-refractivity contribution in [1.29, 1.82) is 0 Å². The van der Waals surface area contributed by atoms with Crippen LogP contribution in [-0.2, 0) is 6.54 Å². The molecule has 1 unspecified atom stereocenters. The van der Waals surface area contributed by atoms with Crippen LogP contribution in [-0.4, -0.2) is 40.1 Å². The number of hydrogen-bond donors (Lipinski definition) is 0. The fraction of sp³-hybridized carbons (Fsp3) is 0.360. The highest BCUT2D eigenvalue weighted by atomic mass is 16.5. The van der Waals surface area contributed by atoms with E-state index in [2.05, 4.69) is 22.5 Å². The molecule has 1 aliphatic heterocycles. The fourth-order valence-corrected chi connectivity index (χ4v) is 4.10. The van der Waals surface area contributed by atoms with Crippen molar-refractivity contribution in [2.24, 2.45) is 5.92 Å². The predicted octanol–water partition coefficient (Wildman–Crippen LogP) is 4.48. The van der Waals surface area contributed by atoms with Crippen molar-refractivity contribution in [2.75, 3.05) is 19.7 Å². The fourth-order valence-electron chi connectivity index (χ4n) is 4.10. The maximum absolute atomic E-state index is 13.4. The van der Waals surface area contributed by atoms with Gasteiger partial charge in [0, 0.05) is 43.5 Å². The van der Waals surface area contributed by atoms with Gasteiger partial charge in [0.25, 0.3) is 5.91 Å². The zero-order chi connectivity index (χ0) is 20.9. The Morgan fingerprint density at radius 1 is 1.13 bits per heavy atom. The number of likely N-dealkylation sites (tertiary alicyclic amines) is 1. The molecule has 2 aromatic carbocycles. The highest BCUT2D eigenvalue weighted by Crippen LogP contribution is 2.23. The molecule has 0 radical (unpaired) electrons. The van der Waals surface area contributed by atoms with Gasteiger partial charge in [-0.2, -0.15) is 0 Å². The molecule has 30 heavy (non-hydrogen) atoms. The molecular formula is C25H29N3O2. The van der Waals surface area contributed by atoms with Gasteiger partial charge in [-0.1, -0.05) is 36.4 Å². The number of nitrogens with zero attached hydrogens (tertiary/aromatic N) is 3. The number of aromatic nitrogens is 2. The molecule has 5 nitrogen and oxygen atoms in total. The molecule has 3 aromatic rings. The molecule has 1 aliphatic rings. The van der Waals surface area contributed by atoms with Crippen LogP contribution in [0.4, 0.5) is 0 Å². The third kappa shape index (κ3) is 4.56. The number of carbonyl (C=O) groups is 1. The summed E-state index contributed by atoms with van der Waals surface area (Å²) in [6.45, 7) is 6.88. The quantitative estimate of drug-likeness (QED) is 0.610. The van der Waals surface area contributed by atoms with Gasteiger partial charge in [-0.15, -0.1) is 0 Å². The number of ether oxygens (including phenoxy) is 1. The standard InChI is InChI=1S/C25H29N3O2/c1-19-8-3-6-12-24(19)30-18-21-9-7-14-28(16-21)25(29)23-11-5-4-10-22(23)17-27-15-13-26-20(27)2/h3-6,8,10-13,15,21H,7,9,14,16-18H2,1-2H3. The lowest BCUT2D eigenvalue weighted by atomic mass is 9.97. The molecule has 1 saturated heterocycles. The number of benzene rings is 2. The van der Waals surface area contributed by atoms with Gasteiger partial charge in [0.15, 0.2) is 0 Å². The van der Waals surface area contributed by atoms with Crippen LogP contribution in [0.25, 0.3) is 0 Å². The summed E-state index contributed by atoms with van der Waals surface area (Å²) in [4.78, 5) is 19.7. The van der Waals surface area contributed by atoms with E-state index in [-0.39, 0.29) is 5.91 Å². The van der Waals surface area contributed by atoms with Crippen LogP contribution in [0.5, 0.6) is 5.75 Å². The van der Waals surface area contributed by atoms with Crippen LogP contribution in [0.3, 0.4) is 0 Å². The van der Waals surface area contributed by atoms with Crippen molar-refractivity contribution in [3.8, 4) is 5.75 Å². The first-order chi connectivity index (χ1) is 14.6. The number of piperidine rings is 1. The maximum Gasteiger partial charge on any atom is 0.254 e. The van der Waals surface area contributed by atoms with E-state index in [4.69, 9.17) is 4.74 Å². The lowest BCUT2D eigenvalue weighted by Crippen LogP contribution is -2.42. The molecule has 0 aliphatic carbocycles. The van der Waals surface area contributed by atoms with E-state index in [0.29, 0.717) is 19.1 Å². The van der Waals surface area contributed by atoms with Crippen molar-refractivity contribution in [1.82, 2.24) is 14.5 Å². The van der Waals surface area contributed by atoms with E-state index in [1.807, 2.05) is 60.5 Å². The Balaban J connectivity index is 1.43. The number of aryl methyl sites for hydroxylation is 2. The molecule has 1 fully saturated rings. The van der Waals surface area contributed by atoms with Gasteiger partial charge in [-0.05, 0) is 49.9 Å². The van der Waals surface area contributed by atoms with Gasteiger partial charge >= 0.3 is 0 Å². The minimum atomic E-state index is 0.115. The Morgan fingerprint density at radius 2 is 1.93 bits per heavy atom. The van der Waals surface area contributed by atoms with Gasteiger partial charge in [-0.25, -0.2) is 4.98 Å². The largest absolute Gasteiger partial charge is 0.493 e. The summed E-state index contributed by atoms with van der Waals surface area (Å²) in [5.41, 5.74) is 2.96. The van der Waals surface area contributed by atoms with Crippen LogP contribution in [0, 0.1) is 19.8 Å². The van der Waals surface area contributed by atoms with Gasteiger partial charge in [0.2, 0.25) is 0 Å². The third-order valence-electron chi connectivity index (χ3n) is 5.89. The summed E-state index contributed by atoms with van der Waals surface area (Å²) in [7, 11) is 0. The third-order valence-corrected chi connectivity index (χ3v) is 5.89.